The van der Waals surface area contributed by atoms with E-state index >= 15 is 0 Å². The fourth-order valence-electron chi connectivity index (χ4n) is 7.10. The minimum absolute atomic E-state index is 0.589. The van der Waals surface area contributed by atoms with E-state index < -0.39 is 0 Å². The van der Waals surface area contributed by atoms with Crippen LogP contribution in [0.1, 0.15) is 0 Å². The van der Waals surface area contributed by atoms with Crippen molar-refractivity contribution in [1.82, 2.24) is 19.5 Å². The molecule has 0 amide bonds. The van der Waals surface area contributed by atoms with Gasteiger partial charge in [-0.05, 0) is 73.8 Å². The molecular weight excluding hydrogens is 597 g/mol. The van der Waals surface area contributed by atoms with E-state index in [-0.39, 0.29) is 0 Å². The summed E-state index contributed by atoms with van der Waals surface area (Å²) in [5.74, 6) is 1.85. The molecule has 0 spiro atoms. The third-order valence-electron chi connectivity index (χ3n) is 9.58. The number of fused-ring (bicyclic) bond motifs is 6. The van der Waals surface area contributed by atoms with Crippen LogP contribution in [-0.4, -0.2) is 19.5 Å². The lowest BCUT2D eigenvalue weighted by Gasteiger charge is -2.12. The molecule has 228 valence electrons. The van der Waals surface area contributed by atoms with Crippen LogP contribution >= 0.6 is 0 Å². The predicted molar refractivity (Wildman–Crippen MR) is 203 cm³/mol. The maximum atomic E-state index is 5.24. The zero-order valence-corrected chi connectivity index (χ0v) is 26.5. The molecule has 8 aromatic carbocycles. The second kappa shape index (κ2) is 11.0. The molecule has 0 saturated carbocycles. The van der Waals surface area contributed by atoms with Crippen LogP contribution in [0.2, 0.25) is 0 Å². The van der Waals surface area contributed by atoms with Gasteiger partial charge in [0, 0.05) is 21.9 Å². The Hall–Kier alpha value is -6.65. The average Bonchev–Trinajstić information content (AvgIpc) is 3.47. The Morgan fingerprint density at radius 3 is 1.33 bits per heavy atom. The lowest BCUT2D eigenvalue weighted by atomic mass is 10.0. The molecule has 0 atom stereocenters. The lowest BCUT2D eigenvalue weighted by molar-refractivity contribution is 0.954. The largest absolute Gasteiger partial charge is 0.278 e. The number of benzene rings is 8. The Balaban J connectivity index is 1.26. The summed E-state index contributed by atoms with van der Waals surface area (Å²) in [6.07, 6.45) is 0. The molecule has 0 N–H and O–H groups in total. The smallest absolute Gasteiger partial charge is 0.238 e. The van der Waals surface area contributed by atoms with Crippen molar-refractivity contribution in [3.63, 3.8) is 0 Å². The summed E-state index contributed by atoms with van der Waals surface area (Å²) in [4.78, 5) is 15.6. The highest BCUT2D eigenvalue weighted by Gasteiger charge is 2.19. The van der Waals surface area contributed by atoms with Crippen molar-refractivity contribution >= 4 is 54.1 Å². The first-order chi connectivity index (χ1) is 24.2. The van der Waals surface area contributed by atoms with E-state index in [1.165, 1.54) is 43.3 Å². The minimum Gasteiger partial charge on any atom is -0.278 e. The minimum atomic E-state index is 0.589. The van der Waals surface area contributed by atoms with Crippen LogP contribution in [0.15, 0.2) is 170 Å². The van der Waals surface area contributed by atoms with Gasteiger partial charge < -0.3 is 0 Å². The Kier molecular flexibility index (Phi) is 6.15. The quantitative estimate of drug-likeness (QED) is 0.196. The van der Waals surface area contributed by atoms with Gasteiger partial charge in [0.15, 0.2) is 11.6 Å². The number of rotatable bonds is 4. The van der Waals surface area contributed by atoms with Gasteiger partial charge in [-0.1, -0.05) is 140 Å². The van der Waals surface area contributed by atoms with E-state index in [0.717, 1.165) is 33.1 Å². The van der Waals surface area contributed by atoms with E-state index in [9.17, 15) is 0 Å². The molecule has 4 heteroatoms. The first kappa shape index (κ1) is 27.5. The molecule has 0 aliphatic rings. The Morgan fingerprint density at radius 1 is 0.306 bits per heavy atom. The summed E-state index contributed by atoms with van der Waals surface area (Å²) in [5.41, 5.74) is 6.32. The van der Waals surface area contributed by atoms with Crippen LogP contribution in [0.25, 0.3) is 94.0 Å². The highest BCUT2D eigenvalue weighted by Crippen LogP contribution is 2.37. The molecule has 0 unspecified atom stereocenters. The zero-order chi connectivity index (χ0) is 32.3. The van der Waals surface area contributed by atoms with Crippen molar-refractivity contribution < 1.29 is 0 Å². The summed E-state index contributed by atoms with van der Waals surface area (Å²) in [6, 6.07) is 59.9. The van der Waals surface area contributed by atoms with Gasteiger partial charge >= 0.3 is 0 Å². The highest BCUT2D eigenvalue weighted by molar-refractivity contribution is 6.16. The lowest BCUT2D eigenvalue weighted by Crippen LogP contribution is -2.06. The monoisotopic (exact) mass is 624 g/mol. The molecule has 0 aliphatic carbocycles. The molecule has 10 aromatic rings. The van der Waals surface area contributed by atoms with Crippen molar-refractivity contribution in [2.24, 2.45) is 0 Å². The molecule has 4 nitrogen and oxygen atoms in total. The van der Waals surface area contributed by atoms with Gasteiger partial charge in [0.2, 0.25) is 5.95 Å². The molecule has 0 fully saturated rings. The molecule has 0 bridgehead atoms. The molecule has 0 aliphatic heterocycles. The van der Waals surface area contributed by atoms with Gasteiger partial charge in [0.25, 0.3) is 0 Å². The highest BCUT2D eigenvalue weighted by atomic mass is 15.2. The van der Waals surface area contributed by atoms with Crippen molar-refractivity contribution in [2.75, 3.05) is 0 Å². The van der Waals surface area contributed by atoms with Gasteiger partial charge in [-0.2, -0.15) is 9.97 Å². The van der Waals surface area contributed by atoms with E-state index in [1.54, 1.807) is 0 Å². The fraction of sp³-hybridized carbons (Fsp3) is 0. The molecule has 0 radical (unpaired) electrons. The van der Waals surface area contributed by atoms with Gasteiger partial charge in [0.05, 0.1) is 11.0 Å². The normalized spacial score (nSPS) is 11.7. The average molecular weight is 625 g/mol. The Morgan fingerprint density at radius 2 is 0.735 bits per heavy atom. The maximum absolute atomic E-state index is 5.24. The van der Waals surface area contributed by atoms with Crippen LogP contribution in [0.5, 0.6) is 0 Å². The van der Waals surface area contributed by atoms with E-state index in [0.29, 0.717) is 17.6 Å². The van der Waals surface area contributed by atoms with E-state index in [4.69, 9.17) is 15.0 Å². The second-order valence-electron chi connectivity index (χ2n) is 12.6. The number of nitrogens with zero attached hydrogens (tertiary/aromatic N) is 4. The summed E-state index contributed by atoms with van der Waals surface area (Å²) in [7, 11) is 0. The summed E-state index contributed by atoms with van der Waals surface area (Å²) < 4.78 is 2.22. The van der Waals surface area contributed by atoms with Crippen LogP contribution < -0.4 is 0 Å². The van der Waals surface area contributed by atoms with Gasteiger partial charge in [-0.3, -0.25) is 4.57 Å². The topological polar surface area (TPSA) is 43.6 Å². The maximum Gasteiger partial charge on any atom is 0.238 e. The number of aromatic nitrogens is 4. The van der Waals surface area contributed by atoms with Gasteiger partial charge in [-0.15, -0.1) is 0 Å². The second-order valence-corrected chi connectivity index (χ2v) is 12.6. The SMILES string of the molecule is c1ccc(-c2ccc(-c3nc(-c4ccc5ccccc5c4)nc(-n4c5cc6ccccc6cc5c5cc6ccccc6cc54)n3)cc2)cc1. The van der Waals surface area contributed by atoms with Crippen LogP contribution in [-0.2, 0) is 0 Å². The van der Waals surface area contributed by atoms with Gasteiger partial charge in [0.1, 0.15) is 0 Å². The Labute approximate surface area is 282 Å². The molecule has 10 rings (SSSR count). The Bertz CT molecular complexity index is 2780. The molecular formula is C45H28N4. The summed E-state index contributed by atoms with van der Waals surface area (Å²) >= 11 is 0. The molecule has 0 saturated heterocycles. The predicted octanol–water partition coefficient (Wildman–Crippen LogP) is 11.4. The number of hydrogen-bond donors (Lipinski definition) is 0. The van der Waals surface area contributed by atoms with Crippen molar-refractivity contribution in [1.29, 1.82) is 0 Å². The zero-order valence-electron chi connectivity index (χ0n) is 26.5. The standard InChI is InChI=1S/C45H28N4/c1-2-10-29(11-3-1)31-18-21-32(22-19-31)43-46-44(38-23-20-30-12-4-5-13-33(30)24-38)48-45(47-43)49-41-27-36-16-8-6-14-34(36)25-39(41)40-26-35-15-7-9-17-37(35)28-42(40)49/h1-28H. The first-order valence-corrected chi connectivity index (χ1v) is 16.5. The van der Waals surface area contributed by atoms with Crippen LogP contribution in [0.3, 0.4) is 0 Å². The van der Waals surface area contributed by atoms with Crippen molar-refractivity contribution in [2.45, 2.75) is 0 Å². The summed E-state index contributed by atoms with van der Waals surface area (Å²) in [5, 5.41) is 9.40. The molecule has 2 aromatic heterocycles. The van der Waals surface area contributed by atoms with Crippen molar-refractivity contribution in [3.05, 3.63) is 170 Å². The third-order valence-corrected chi connectivity index (χ3v) is 9.58. The van der Waals surface area contributed by atoms with Crippen molar-refractivity contribution in [3.8, 4) is 39.9 Å². The molecule has 49 heavy (non-hydrogen) atoms. The third kappa shape index (κ3) is 4.65. The first-order valence-electron chi connectivity index (χ1n) is 16.5. The van der Waals surface area contributed by atoms with E-state index in [2.05, 4.69) is 168 Å². The van der Waals surface area contributed by atoms with E-state index in [1.807, 2.05) is 6.07 Å². The van der Waals surface area contributed by atoms with Crippen LogP contribution in [0, 0.1) is 0 Å². The fourth-order valence-corrected chi connectivity index (χ4v) is 7.10. The molecule has 2 heterocycles. The van der Waals surface area contributed by atoms with Crippen LogP contribution in [0.4, 0.5) is 0 Å². The summed E-state index contributed by atoms with van der Waals surface area (Å²) in [6.45, 7) is 0. The van der Waals surface area contributed by atoms with Gasteiger partial charge in [-0.25, -0.2) is 4.98 Å². The number of hydrogen-bond acceptors (Lipinski definition) is 3.